The Morgan fingerprint density at radius 2 is 1.80 bits per heavy atom. The number of carbonyl (C=O) groups is 1. The fraction of sp³-hybridized carbons (Fsp3) is 0.286. The van der Waals surface area contributed by atoms with Gasteiger partial charge in [-0.2, -0.15) is 4.98 Å². The molecule has 0 bridgehead atoms. The van der Waals surface area contributed by atoms with E-state index < -0.39 is 11.6 Å². The van der Waals surface area contributed by atoms with Gasteiger partial charge >= 0.3 is 0 Å². The predicted octanol–water partition coefficient (Wildman–Crippen LogP) is 2.98. The third-order valence-electron chi connectivity index (χ3n) is 5.00. The number of aromatic nitrogens is 2. The van der Waals surface area contributed by atoms with Crippen LogP contribution in [0.5, 0.6) is 5.75 Å². The molecule has 2 heterocycles. The van der Waals surface area contributed by atoms with Crippen molar-refractivity contribution in [2.24, 2.45) is 0 Å². The van der Waals surface area contributed by atoms with Gasteiger partial charge in [-0.3, -0.25) is 9.69 Å². The predicted molar refractivity (Wildman–Crippen MR) is 104 cm³/mol. The largest absolute Gasteiger partial charge is 0.497 e. The molecule has 0 atom stereocenters. The van der Waals surface area contributed by atoms with Gasteiger partial charge in [-0.15, -0.1) is 0 Å². The highest BCUT2D eigenvalue weighted by Crippen LogP contribution is 2.20. The van der Waals surface area contributed by atoms with Crippen molar-refractivity contribution in [3.8, 4) is 17.1 Å². The van der Waals surface area contributed by atoms with Gasteiger partial charge in [0.15, 0.2) is 11.6 Å². The van der Waals surface area contributed by atoms with E-state index in [2.05, 4.69) is 15.0 Å². The van der Waals surface area contributed by atoms with E-state index in [9.17, 15) is 13.6 Å². The Kier molecular flexibility index (Phi) is 5.71. The van der Waals surface area contributed by atoms with Crippen LogP contribution in [0, 0.1) is 11.6 Å². The Labute approximate surface area is 171 Å². The van der Waals surface area contributed by atoms with E-state index in [1.165, 1.54) is 6.07 Å². The van der Waals surface area contributed by atoms with Gasteiger partial charge in [0.25, 0.3) is 5.91 Å². The van der Waals surface area contributed by atoms with Crippen LogP contribution in [0.3, 0.4) is 0 Å². The second kappa shape index (κ2) is 8.58. The summed E-state index contributed by atoms with van der Waals surface area (Å²) in [6.45, 7) is 2.62. The minimum Gasteiger partial charge on any atom is -0.497 e. The summed E-state index contributed by atoms with van der Waals surface area (Å²) in [5.74, 6) is -0.569. The minimum atomic E-state index is -1.02. The molecular formula is C21H20F2N4O3. The van der Waals surface area contributed by atoms with Crippen molar-refractivity contribution in [3.63, 3.8) is 0 Å². The van der Waals surface area contributed by atoms with E-state index in [1.807, 2.05) is 24.3 Å². The smallest absolute Gasteiger partial charge is 0.254 e. The highest BCUT2D eigenvalue weighted by molar-refractivity contribution is 5.94. The fourth-order valence-corrected chi connectivity index (χ4v) is 3.29. The average Bonchev–Trinajstić information content (AvgIpc) is 3.24. The molecule has 2 aromatic carbocycles. The lowest BCUT2D eigenvalue weighted by Crippen LogP contribution is -2.48. The van der Waals surface area contributed by atoms with Crippen molar-refractivity contribution in [2.45, 2.75) is 6.54 Å². The third kappa shape index (κ3) is 4.30. The van der Waals surface area contributed by atoms with E-state index in [-0.39, 0.29) is 11.5 Å². The lowest BCUT2D eigenvalue weighted by atomic mass is 10.1. The number of halogens is 2. The Morgan fingerprint density at radius 3 is 2.47 bits per heavy atom. The van der Waals surface area contributed by atoms with Crippen molar-refractivity contribution >= 4 is 5.91 Å². The standard InChI is InChI=1S/C21H20F2N4O3/c1-29-16-5-2-14(3-6-16)20-24-19(30-25-20)13-26-8-10-27(11-9-26)21(28)15-4-7-17(22)18(23)12-15/h2-7,12H,8-11,13H2,1H3. The second-order valence-electron chi connectivity index (χ2n) is 6.94. The van der Waals surface area contributed by atoms with E-state index in [0.717, 1.165) is 23.4 Å². The van der Waals surface area contributed by atoms with Crippen LogP contribution >= 0.6 is 0 Å². The molecule has 7 nitrogen and oxygen atoms in total. The van der Waals surface area contributed by atoms with Gasteiger partial charge in [0.2, 0.25) is 11.7 Å². The highest BCUT2D eigenvalue weighted by atomic mass is 19.2. The van der Waals surface area contributed by atoms with Gasteiger partial charge in [0.05, 0.1) is 13.7 Å². The van der Waals surface area contributed by atoms with E-state index in [4.69, 9.17) is 9.26 Å². The molecule has 0 spiro atoms. The van der Waals surface area contributed by atoms with Crippen molar-refractivity contribution in [3.05, 3.63) is 65.6 Å². The number of ether oxygens (including phenoxy) is 1. The van der Waals surface area contributed by atoms with Gasteiger partial charge < -0.3 is 14.2 Å². The van der Waals surface area contributed by atoms with Gasteiger partial charge in [0.1, 0.15) is 5.75 Å². The van der Waals surface area contributed by atoms with Gasteiger partial charge in [-0.05, 0) is 42.5 Å². The van der Waals surface area contributed by atoms with Crippen LogP contribution in [0.4, 0.5) is 8.78 Å². The first kappa shape index (κ1) is 20.0. The first-order chi connectivity index (χ1) is 14.5. The number of nitrogens with zero attached hydrogens (tertiary/aromatic N) is 4. The van der Waals surface area contributed by atoms with Crippen LogP contribution in [-0.2, 0) is 6.54 Å². The minimum absolute atomic E-state index is 0.142. The van der Waals surface area contributed by atoms with Crippen LogP contribution < -0.4 is 4.74 Å². The normalized spacial score (nSPS) is 14.7. The maximum Gasteiger partial charge on any atom is 0.254 e. The number of rotatable bonds is 5. The first-order valence-corrected chi connectivity index (χ1v) is 9.47. The molecule has 9 heteroatoms. The average molecular weight is 414 g/mol. The number of amides is 1. The van der Waals surface area contributed by atoms with Crippen molar-refractivity contribution in [2.75, 3.05) is 33.3 Å². The van der Waals surface area contributed by atoms with E-state index in [1.54, 1.807) is 12.0 Å². The summed E-state index contributed by atoms with van der Waals surface area (Å²) in [4.78, 5) is 20.7. The molecule has 1 fully saturated rings. The van der Waals surface area contributed by atoms with Crippen molar-refractivity contribution in [1.29, 1.82) is 0 Å². The fourth-order valence-electron chi connectivity index (χ4n) is 3.29. The summed E-state index contributed by atoms with van der Waals surface area (Å²) in [7, 11) is 1.60. The van der Waals surface area contributed by atoms with Crippen LogP contribution in [0.2, 0.25) is 0 Å². The van der Waals surface area contributed by atoms with E-state index in [0.29, 0.717) is 44.4 Å². The van der Waals surface area contributed by atoms with Crippen LogP contribution in [0.25, 0.3) is 11.4 Å². The number of benzene rings is 2. The van der Waals surface area contributed by atoms with Crippen molar-refractivity contribution < 1.29 is 22.8 Å². The van der Waals surface area contributed by atoms with Crippen LogP contribution in [0.15, 0.2) is 47.0 Å². The second-order valence-corrected chi connectivity index (χ2v) is 6.94. The topological polar surface area (TPSA) is 71.7 Å². The van der Waals surface area contributed by atoms with Crippen LogP contribution in [0.1, 0.15) is 16.2 Å². The zero-order chi connectivity index (χ0) is 21.1. The molecule has 1 amide bonds. The molecule has 1 saturated heterocycles. The zero-order valence-corrected chi connectivity index (χ0v) is 16.3. The summed E-state index contributed by atoms with van der Waals surface area (Å²) < 4.78 is 37.0. The number of hydrogen-bond acceptors (Lipinski definition) is 6. The monoisotopic (exact) mass is 414 g/mol. The Bertz CT molecular complexity index is 1030. The lowest BCUT2D eigenvalue weighted by molar-refractivity contribution is 0.0614. The van der Waals surface area contributed by atoms with Gasteiger partial charge in [-0.1, -0.05) is 5.16 Å². The lowest BCUT2D eigenvalue weighted by Gasteiger charge is -2.34. The number of carbonyl (C=O) groups excluding carboxylic acids is 1. The molecule has 0 N–H and O–H groups in total. The van der Waals surface area contributed by atoms with Gasteiger partial charge in [0, 0.05) is 37.3 Å². The molecule has 30 heavy (non-hydrogen) atoms. The summed E-state index contributed by atoms with van der Waals surface area (Å²) in [6, 6.07) is 10.6. The summed E-state index contributed by atoms with van der Waals surface area (Å²) in [5, 5.41) is 4.02. The maximum atomic E-state index is 13.4. The molecule has 0 aliphatic carbocycles. The van der Waals surface area contributed by atoms with Crippen LogP contribution in [-0.4, -0.2) is 59.1 Å². The first-order valence-electron chi connectivity index (χ1n) is 9.47. The molecule has 156 valence electrons. The molecule has 1 aromatic heterocycles. The van der Waals surface area contributed by atoms with E-state index >= 15 is 0 Å². The molecule has 0 saturated carbocycles. The molecule has 0 radical (unpaired) electrons. The summed E-state index contributed by atoms with van der Waals surface area (Å²) in [5.41, 5.74) is 0.969. The Morgan fingerprint density at radius 1 is 1.07 bits per heavy atom. The molecule has 4 rings (SSSR count). The van der Waals surface area contributed by atoms with Gasteiger partial charge in [-0.25, -0.2) is 8.78 Å². The third-order valence-corrected chi connectivity index (χ3v) is 5.00. The molecule has 0 unspecified atom stereocenters. The summed E-state index contributed by atoms with van der Waals surface area (Å²) in [6.07, 6.45) is 0. The Balaban J connectivity index is 1.33. The highest BCUT2D eigenvalue weighted by Gasteiger charge is 2.24. The molecule has 3 aromatic rings. The summed E-state index contributed by atoms with van der Waals surface area (Å²) >= 11 is 0. The molecule has 1 aliphatic heterocycles. The van der Waals surface area contributed by atoms with Crippen molar-refractivity contribution in [1.82, 2.24) is 19.9 Å². The molecular weight excluding hydrogens is 394 g/mol. The Hall–Kier alpha value is -3.33. The SMILES string of the molecule is COc1ccc(-c2noc(CN3CCN(C(=O)c4ccc(F)c(F)c4)CC3)n2)cc1. The number of hydrogen-bond donors (Lipinski definition) is 0. The maximum absolute atomic E-state index is 13.4. The quantitative estimate of drug-likeness (QED) is 0.639. The number of piperazine rings is 1. The molecule has 1 aliphatic rings. The number of methoxy groups -OCH3 is 1. The zero-order valence-electron chi connectivity index (χ0n) is 16.3.